The van der Waals surface area contributed by atoms with Crippen molar-refractivity contribution in [2.45, 2.75) is 40.2 Å². The molecule has 0 amide bonds. The second-order valence-corrected chi connectivity index (χ2v) is 3.72. The maximum atomic E-state index is 5.40. The molecule has 0 radical (unpaired) electrons. The summed E-state index contributed by atoms with van der Waals surface area (Å²) in [6.07, 6.45) is 7.47. The topological polar surface area (TPSA) is 30.5 Å². The van der Waals surface area contributed by atoms with Crippen molar-refractivity contribution in [3.63, 3.8) is 0 Å². The minimum absolute atomic E-state index is 0.273. The Morgan fingerprint density at radius 3 is 2.62 bits per heavy atom. The highest BCUT2D eigenvalue weighted by Gasteiger charge is 1.93. The normalized spacial score (nSPS) is 12.7. The fourth-order valence-corrected chi connectivity index (χ4v) is 1.15. The Hall–Kier alpha value is -0.800. The van der Waals surface area contributed by atoms with Gasteiger partial charge in [-0.1, -0.05) is 19.1 Å². The van der Waals surface area contributed by atoms with Crippen molar-refractivity contribution in [2.75, 3.05) is 19.9 Å². The van der Waals surface area contributed by atoms with E-state index in [4.69, 9.17) is 9.47 Å². The summed E-state index contributed by atoms with van der Waals surface area (Å²) in [5.74, 6) is 0. The summed E-state index contributed by atoms with van der Waals surface area (Å²) in [6.45, 7) is 9.96. The van der Waals surface area contributed by atoms with E-state index < -0.39 is 0 Å². The van der Waals surface area contributed by atoms with Gasteiger partial charge in [0.25, 0.3) is 0 Å². The number of allylic oxidation sites excluding steroid dienone is 3. The Balaban J connectivity index is 3.52. The lowest BCUT2D eigenvalue weighted by Crippen LogP contribution is -2.19. The van der Waals surface area contributed by atoms with Crippen molar-refractivity contribution in [3.8, 4) is 0 Å². The quantitative estimate of drug-likeness (QED) is 0.373. The maximum absolute atomic E-state index is 5.40. The molecule has 0 aromatic rings. The maximum Gasteiger partial charge on any atom is 0.116 e. The van der Waals surface area contributed by atoms with Crippen LogP contribution >= 0.6 is 0 Å². The van der Waals surface area contributed by atoms with Crippen LogP contribution in [0, 0.1) is 0 Å². The molecule has 1 N–H and O–H groups in total. The molecular formula is C13H25NO2. The molecule has 0 aromatic heterocycles. The van der Waals surface area contributed by atoms with Crippen LogP contribution in [0.5, 0.6) is 0 Å². The average molecular weight is 227 g/mol. The summed E-state index contributed by atoms with van der Waals surface area (Å²) in [5, 5.41) is 3.21. The minimum Gasteiger partial charge on any atom is -0.376 e. The highest BCUT2D eigenvalue weighted by Crippen LogP contribution is 1.94. The number of hydrogen-bond donors (Lipinski definition) is 1. The van der Waals surface area contributed by atoms with E-state index in [1.54, 1.807) is 0 Å². The standard InChI is InChI=1S/C13H25NO2/c1-5-7-13(8-6-2)14-11-15-9-10-16-12(3)4/h5,7-8,12,14H,6,9-11H2,1-4H3/b7-5-,13-8+. The molecule has 0 fully saturated rings. The second-order valence-electron chi connectivity index (χ2n) is 3.72. The molecule has 0 spiro atoms. The first-order chi connectivity index (χ1) is 7.70. The molecule has 0 saturated carbocycles. The summed E-state index contributed by atoms with van der Waals surface area (Å²) >= 11 is 0. The summed E-state index contributed by atoms with van der Waals surface area (Å²) in [6, 6.07) is 0. The molecule has 3 nitrogen and oxygen atoms in total. The van der Waals surface area contributed by atoms with Crippen LogP contribution < -0.4 is 5.32 Å². The van der Waals surface area contributed by atoms with Crippen LogP contribution in [0.25, 0.3) is 0 Å². The molecule has 0 aliphatic rings. The first kappa shape index (κ1) is 15.2. The third-order valence-corrected chi connectivity index (χ3v) is 1.83. The Kier molecular flexibility index (Phi) is 10.2. The monoisotopic (exact) mass is 227 g/mol. The average Bonchev–Trinajstić information content (AvgIpc) is 2.23. The summed E-state index contributed by atoms with van der Waals surface area (Å²) in [4.78, 5) is 0. The van der Waals surface area contributed by atoms with Crippen molar-refractivity contribution in [3.05, 3.63) is 23.9 Å². The molecule has 0 saturated heterocycles. The van der Waals surface area contributed by atoms with Gasteiger partial charge >= 0.3 is 0 Å². The van der Waals surface area contributed by atoms with E-state index in [-0.39, 0.29) is 6.10 Å². The highest BCUT2D eigenvalue weighted by molar-refractivity contribution is 5.15. The van der Waals surface area contributed by atoms with Crippen molar-refractivity contribution in [1.29, 1.82) is 0 Å². The Labute approximate surface area is 99.5 Å². The van der Waals surface area contributed by atoms with Gasteiger partial charge in [0.2, 0.25) is 0 Å². The summed E-state index contributed by atoms with van der Waals surface area (Å²) in [5.41, 5.74) is 1.11. The molecule has 0 heterocycles. The van der Waals surface area contributed by atoms with Crippen LogP contribution in [0.3, 0.4) is 0 Å². The van der Waals surface area contributed by atoms with Gasteiger partial charge in [0.15, 0.2) is 0 Å². The number of ether oxygens (including phenoxy) is 2. The van der Waals surface area contributed by atoms with Crippen molar-refractivity contribution in [2.24, 2.45) is 0 Å². The van der Waals surface area contributed by atoms with Crippen LogP contribution in [-0.4, -0.2) is 26.0 Å². The van der Waals surface area contributed by atoms with E-state index in [2.05, 4.69) is 18.3 Å². The van der Waals surface area contributed by atoms with Gasteiger partial charge in [-0.25, -0.2) is 0 Å². The zero-order valence-corrected chi connectivity index (χ0v) is 11.0. The van der Waals surface area contributed by atoms with E-state index in [1.807, 2.05) is 32.9 Å². The fourth-order valence-electron chi connectivity index (χ4n) is 1.15. The van der Waals surface area contributed by atoms with Crippen molar-refractivity contribution in [1.82, 2.24) is 5.32 Å². The molecule has 0 unspecified atom stereocenters. The first-order valence-electron chi connectivity index (χ1n) is 5.96. The van der Waals surface area contributed by atoms with Crippen molar-refractivity contribution >= 4 is 0 Å². The van der Waals surface area contributed by atoms with Gasteiger partial charge in [-0.15, -0.1) is 0 Å². The SMILES string of the molecule is C/C=C\C(=C/CC)NCOCCOC(C)C. The highest BCUT2D eigenvalue weighted by atomic mass is 16.5. The lowest BCUT2D eigenvalue weighted by Gasteiger charge is -2.10. The van der Waals surface area contributed by atoms with Crippen molar-refractivity contribution < 1.29 is 9.47 Å². The van der Waals surface area contributed by atoms with Crippen LogP contribution in [0.2, 0.25) is 0 Å². The van der Waals surface area contributed by atoms with Crippen LogP contribution in [0.15, 0.2) is 23.9 Å². The van der Waals surface area contributed by atoms with Gasteiger partial charge in [-0.3, -0.25) is 0 Å². The molecule has 0 aromatic carbocycles. The van der Waals surface area contributed by atoms with Gasteiger partial charge in [0, 0.05) is 5.70 Å². The molecule has 0 aliphatic heterocycles. The number of hydrogen-bond acceptors (Lipinski definition) is 3. The predicted octanol–water partition coefficient (Wildman–Crippen LogP) is 2.85. The molecule has 16 heavy (non-hydrogen) atoms. The lowest BCUT2D eigenvalue weighted by molar-refractivity contribution is 0.0166. The zero-order chi connectivity index (χ0) is 12.2. The molecule has 0 aliphatic carbocycles. The summed E-state index contributed by atoms with van der Waals surface area (Å²) in [7, 11) is 0. The van der Waals surface area contributed by atoms with Crippen LogP contribution in [0.4, 0.5) is 0 Å². The van der Waals surface area contributed by atoms with E-state index >= 15 is 0 Å². The Morgan fingerprint density at radius 2 is 2.06 bits per heavy atom. The Bertz CT molecular complexity index is 210. The Morgan fingerprint density at radius 1 is 1.31 bits per heavy atom. The van der Waals surface area contributed by atoms with E-state index in [9.17, 15) is 0 Å². The van der Waals surface area contributed by atoms with E-state index in [0.717, 1.165) is 12.1 Å². The van der Waals surface area contributed by atoms with Gasteiger partial charge in [-0.05, 0) is 33.3 Å². The third-order valence-electron chi connectivity index (χ3n) is 1.83. The van der Waals surface area contributed by atoms with Gasteiger partial charge in [0.1, 0.15) is 6.73 Å². The molecular weight excluding hydrogens is 202 g/mol. The number of rotatable bonds is 9. The van der Waals surface area contributed by atoms with Crippen LogP contribution in [0.1, 0.15) is 34.1 Å². The largest absolute Gasteiger partial charge is 0.376 e. The zero-order valence-electron chi connectivity index (χ0n) is 11.0. The first-order valence-corrected chi connectivity index (χ1v) is 5.96. The molecule has 0 atom stereocenters. The molecule has 0 bridgehead atoms. The number of nitrogens with one attached hydrogen (secondary N) is 1. The van der Waals surface area contributed by atoms with Gasteiger partial charge < -0.3 is 14.8 Å². The summed E-state index contributed by atoms with van der Waals surface area (Å²) < 4.78 is 10.8. The molecule has 3 heteroatoms. The smallest absolute Gasteiger partial charge is 0.116 e. The van der Waals surface area contributed by atoms with E-state index in [0.29, 0.717) is 19.9 Å². The minimum atomic E-state index is 0.273. The lowest BCUT2D eigenvalue weighted by atomic mass is 10.3. The second kappa shape index (κ2) is 10.7. The molecule has 94 valence electrons. The van der Waals surface area contributed by atoms with Gasteiger partial charge in [-0.2, -0.15) is 0 Å². The fraction of sp³-hybridized carbons (Fsp3) is 0.692. The third kappa shape index (κ3) is 9.74. The van der Waals surface area contributed by atoms with E-state index in [1.165, 1.54) is 0 Å². The predicted molar refractivity (Wildman–Crippen MR) is 68.2 cm³/mol. The van der Waals surface area contributed by atoms with Crippen LogP contribution in [-0.2, 0) is 9.47 Å². The molecule has 0 rings (SSSR count). The van der Waals surface area contributed by atoms with Gasteiger partial charge in [0.05, 0.1) is 19.3 Å².